The molecule has 2 rings (SSSR count). The Morgan fingerprint density at radius 3 is 2.32 bits per heavy atom. The van der Waals surface area contributed by atoms with Crippen LogP contribution in [-0.2, 0) is 10.0 Å². The quantitative estimate of drug-likeness (QED) is 0.872. The Labute approximate surface area is 118 Å². The molecule has 2 heterocycles. The third-order valence-electron chi connectivity index (χ3n) is 2.13. The predicted molar refractivity (Wildman–Crippen MR) is 74.3 cm³/mol. The van der Waals surface area contributed by atoms with E-state index < -0.39 is 10.0 Å². The molecule has 0 unspecified atom stereocenters. The summed E-state index contributed by atoms with van der Waals surface area (Å²) in [6, 6.07) is 3.23. The summed E-state index contributed by atoms with van der Waals surface area (Å²) in [6.45, 7) is 0. The third kappa shape index (κ3) is 3.38. The molecule has 19 heavy (non-hydrogen) atoms. The molecular weight excluding hydrogens is 334 g/mol. The normalized spacial score (nSPS) is 11.1. The lowest BCUT2D eigenvalue weighted by atomic mass is 10.5. The summed E-state index contributed by atoms with van der Waals surface area (Å²) in [5, 5.41) is 2.71. The number of hydrogen-bond acceptors (Lipinski definition) is 6. The highest BCUT2D eigenvalue weighted by atomic mass is 79.9. The molecule has 0 saturated carbocycles. The minimum atomic E-state index is -3.73. The first kappa shape index (κ1) is 13.7. The van der Waals surface area contributed by atoms with Gasteiger partial charge in [0.2, 0.25) is 5.95 Å². The Bertz CT molecular complexity index is 657. The first-order chi connectivity index (χ1) is 9.01. The van der Waals surface area contributed by atoms with Crippen molar-refractivity contribution in [1.82, 2.24) is 15.0 Å². The highest BCUT2D eigenvalue weighted by molar-refractivity contribution is 9.10. The van der Waals surface area contributed by atoms with Crippen molar-refractivity contribution in [3.63, 3.8) is 0 Å². The topological polar surface area (TPSA) is 96.9 Å². The van der Waals surface area contributed by atoms with Crippen LogP contribution in [0, 0.1) is 0 Å². The van der Waals surface area contributed by atoms with Crippen LogP contribution in [0.3, 0.4) is 0 Å². The van der Waals surface area contributed by atoms with E-state index in [0.29, 0.717) is 5.95 Å². The Morgan fingerprint density at radius 1 is 1.11 bits per heavy atom. The first-order valence-electron chi connectivity index (χ1n) is 5.15. The second-order valence-electron chi connectivity index (χ2n) is 3.46. The Morgan fingerprint density at radius 2 is 1.79 bits per heavy atom. The van der Waals surface area contributed by atoms with Gasteiger partial charge in [0.25, 0.3) is 10.0 Å². The summed E-state index contributed by atoms with van der Waals surface area (Å²) in [6.07, 6.45) is 3.94. The van der Waals surface area contributed by atoms with Gasteiger partial charge in [-0.1, -0.05) is 0 Å². The molecule has 0 atom stereocenters. The van der Waals surface area contributed by atoms with E-state index in [2.05, 4.69) is 40.9 Å². The monoisotopic (exact) mass is 343 g/mol. The molecule has 9 heteroatoms. The molecule has 0 spiro atoms. The van der Waals surface area contributed by atoms with Crippen molar-refractivity contribution in [3.8, 4) is 0 Å². The van der Waals surface area contributed by atoms with Gasteiger partial charge in [0.05, 0.1) is 12.4 Å². The van der Waals surface area contributed by atoms with Crippen LogP contribution in [0.1, 0.15) is 0 Å². The standard InChI is InChI=1S/C10H10BrN5O2S/c1-12-10-14-5-8(6-15-10)19(17,18)16-9-3-2-7(11)4-13-9/h2-6H,1H3,(H,13,16)(H,12,14,15). The van der Waals surface area contributed by atoms with E-state index in [4.69, 9.17) is 0 Å². The van der Waals surface area contributed by atoms with Crippen LogP contribution < -0.4 is 10.0 Å². The molecule has 0 bridgehead atoms. The molecule has 2 aromatic heterocycles. The van der Waals surface area contributed by atoms with Gasteiger partial charge < -0.3 is 5.32 Å². The maximum absolute atomic E-state index is 12.0. The Balaban J connectivity index is 2.24. The van der Waals surface area contributed by atoms with Crippen molar-refractivity contribution in [2.45, 2.75) is 4.90 Å². The number of nitrogens with zero attached hydrogens (tertiary/aromatic N) is 3. The van der Waals surface area contributed by atoms with Gasteiger partial charge in [-0.3, -0.25) is 4.72 Å². The van der Waals surface area contributed by atoms with E-state index in [1.807, 2.05) is 0 Å². The van der Waals surface area contributed by atoms with Crippen LogP contribution in [0.4, 0.5) is 11.8 Å². The van der Waals surface area contributed by atoms with Gasteiger partial charge >= 0.3 is 0 Å². The molecule has 0 aliphatic carbocycles. The smallest absolute Gasteiger partial charge is 0.266 e. The largest absolute Gasteiger partial charge is 0.357 e. The second kappa shape index (κ2) is 5.49. The fraction of sp³-hybridized carbons (Fsp3) is 0.100. The molecule has 0 aromatic carbocycles. The van der Waals surface area contributed by atoms with E-state index in [1.165, 1.54) is 18.6 Å². The first-order valence-corrected chi connectivity index (χ1v) is 7.43. The van der Waals surface area contributed by atoms with Crippen molar-refractivity contribution >= 4 is 37.7 Å². The van der Waals surface area contributed by atoms with Gasteiger partial charge in [0.1, 0.15) is 10.7 Å². The van der Waals surface area contributed by atoms with Crippen molar-refractivity contribution in [3.05, 3.63) is 35.2 Å². The number of sulfonamides is 1. The van der Waals surface area contributed by atoms with Crippen LogP contribution in [0.2, 0.25) is 0 Å². The van der Waals surface area contributed by atoms with Gasteiger partial charge in [-0.15, -0.1) is 0 Å². The molecule has 0 aliphatic rings. The molecule has 0 radical (unpaired) electrons. The number of anilines is 2. The molecular formula is C10H10BrN5O2S. The summed E-state index contributed by atoms with van der Waals surface area (Å²) < 4.78 is 27.1. The zero-order valence-electron chi connectivity index (χ0n) is 9.83. The average Bonchev–Trinajstić information content (AvgIpc) is 2.41. The molecule has 7 nitrogen and oxygen atoms in total. The maximum Gasteiger partial charge on any atom is 0.266 e. The summed E-state index contributed by atoms with van der Waals surface area (Å²) in [5.41, 5.74) is 0. The van der Waals surface area contributed by atoms with Crippen LogP contribution in [0.15, 0.2) is 40.1 Å². The van der Waals surface area contributed by atoms with E-state index in [-0.39, 0.29) is 10.7 Å². The second-order valence-corrected chi connectivity index (χ2v) is 6.06. The fourth-order valence-electron chi connectivity index (χ4n) is 1.22. The van der Waals surface area contributed by atoms with Crippen molar-refractivity contribution in [2.24, 2.45) is 0 Å². The number of hydrogen-bond donors (Lipinski definition) is 2. The van der Waals surface area contributed by atoms with Crippen molar-refractivity contribution < 1.29 is 8.42 Å². The van der Waals surface area contributed by atoms with Crippen molar-refractivity contribution in [1.29, 1.82) is 0 Å². The lowest BCUT2D eigenvalue weighted by Crippen LogP contribution is -2.14. The number of nitrogens with one attached hydrogen (secondary N) is 2. The predicted octanol–water partition coefficient (Wildman–Crippen LogP) is 1.48. The summed E-state index contributed by atoms with van der Waals surface area (Å²) in [7, 11) is -2.09. The van der Waals surface area contributed by atoms with E-state index in [1.54, 1.807) is 19.2 Å². The summed E-state index contributed by atoms with van der Waals surface area (Å²) in [4.78, 5) is 11.6. The van der Waals surface area contributed by atoms with Gasteiger partial charge in [-0.05, 0) is 28.1 Å². The van der Waals surface area contributed by atoms with Crippen LogP contribution in [0.25, 0.3) is 0 Å². The maximum atomic E-state index is 12.0. The van der Waals surface area contributed by atoms with Crippen LogP contribution in [-0.4, -0.2) is 30.4 Å². The highest BCUT2D eigenvalue weighted by Crippen LogP contribution is 2.15. The SMILES string of the molecule is CNc1ncc(S(=O)(=O)Nc2ccc(Br)cn2)cn1. The lowest BCUT2D eigenvalue weighted by molar-refractivity contribution is 0.600. The molecule has 100 valence electrons. The van der Waals surface area contributed by atoms with E-state index >= 15 is 0 Å². The van der Waals surface area contributed by atoms with Crippen LogP contribution >= 0.6 is 15.9 Å². The van der Waals surface area contributed by atoms with Crippen molar-refractivity contribution in [2.75, 3.05) is 17.1 Å². The summed E-state index contributed by atoms with van der Waals surface area (Å²) in [5.74, 6) is 0.571. The average molecular weight is 344 g/mol. The molecule has 0 saturated heterocycles. The van der Waals surface area contributed by atoms with Gasteiger partial charge in [0, 0.05) is 17.7 Å². The zero-order valence-corrected chi connectivity index (χ0v) is 12.2. The molecule has 2 N–H and O–H groups in total. The third-order valence-corrected chi connectivity index (χ3v) is 3.91. The summed E-state index contributed by atoms with van der Waals surface area (Å²) >= 11 is 3.22. The van der Waals surface area contributed by atoms with Crippen LogP contribution in [0.5, 0.6) is 0 Å². The minimum absolute atomic E-state index is 0.0313. The minimum Gasteiger partial charge on any atom is -0.357 e. The van der Waals surface area contributed by atoms with Gasteiger partial charge in [-0.25, -0.2) is 23.4 Å². The number of pyridine rings is 1. The number of rotatable bonds is 4. The molecule has 0 amide bonds. The van der Waals surface area contributed by atoms with Gasteiger partial charge in [-0.2, -0.15) is 0 Å². The van der Waals surface area contributed by atoms with Gasteiger partial charge in [0.15, 0.2) is 0 Å². The van der Waals surface area contributed by atoms with E-state index in [9.17, 15) is 8.42 Å². The molecule has 0 fully saturated rings. The van der Waals surface area contributed by atoms with E-state index in [0.717, 1.165) is 4.47 Å². The fourth-order valence-corrected chi connectivity index (χ4v) is 2.35. The molecule has 2 aromatic rings. The Kier molecular flexibility index (Phi) is 3.96. The highest BCUT2D eigenvalue weighted by Gasteiger charge is 2.15. The Hall–Kier alpha value is -1.74. The zero-order chi connectivity index (χ0) is 13.9. The number of halogens is 1. The molecule has 0 aliphatic heterocycles. The number of aromatic nitrogens is 3. The lowest BCUT2D eigenvalue weighted by Gasteiger charge is -2.07.